The number of imidazole rings is 1. The van der Waals surface area contributed by atoms with E-state index < -0.39 is 0 Å². The van der Waals surface area contributed by atoms with Gasteiger partial charge >= 0.3 is 0 Å². The highest BCUT2D eigenvalue weighted by Crippen LogP contribution is 2.21. The first-order chi connectivity index (χ1) is 11.0. The second kappa shape index (κ2) is 6.20. The monoisotopic (exact) mass is 308 g/mol. The molecule has 0 fully saturated rings. The van der Waals surface area contributed by atoms with Gasteiger partial charge in [-0.3, -0.25) is 4.79 Å². The third-order valence-corrected chi connectivity index (χ3v) is 3.79. The lowest BCUT2D eigenvalue weighted by atomic mass is 10.1. The molecule has 23 heavy (non-hydrogen) atoms. The van der Waals surface area contributed by atoms with Crippen LogP contribution in [0.3, 0.4) is 0 Å². The number of amides is 1. The summed E-state index contributed by atoms with van der Waals surface area (Å²) in [6.45, 7) is 4.25. The highest BCUT2D eigenvalue weighted by Gasteiger charge is 2.12. The van der Waals surface area contributed by atoms with E-state index in [1.165, 1.54) is 0 Å². The average Bonchev–Trinajstić information content (AvgIpc) is 2.85. The normalized spacial score (nSPS) is 11.1. The Bertz CT molecular complexity index is 837. The first-order valence-electron chi connectivity index (χ1n) is 7.70. The number of hydrogen-bond donors (Lipinski definition) is 1. The van der Waals surface area contributed by atoms with Gasteiger partial charge in [-0.05, 0) is 29.8 Å². The third kappa shape index (κ3) is 3.23. The van der Waals surface area contributed by atoms with Gasteiger partial charge in [0.05, 0.1) is 17.5 Å². The minimum atomic E-state index is -0.0805. The number of anilines is 1. The van der Waals surface area contributed by atoms with Gasteiger partial charge in [-0.1, -0.05) is 26.0 Å². The SMILES string of the molecule is CC(C)c1nc2cc(CC(=O)Nc3ccccn3)ccc2n1C. The van der Waals surface area contributed by atoms with Crippen molar-refractivity contribution >= 4 is 22.8 Å². The maximum atomic E-state index is 12.1. The fourth-order valence-electron chi connectivity index (χ4n) is 2.70. The number of fused-ring (bicyclic) bond motifs is 1. The van der Waals surface area contributed by atoms with Crippen molar-refractivity contribution in [3.05, 3.63) is 54.0 Å². The molecule has 5 nitrogen and oxygen atoms in total. The molecule has 0 aliphatic rings. The molecule has 1 aromatic carbocycles. The molecule has 2 heterocycles. The van der Waals surface area contributed by atoms with E-state index in [0.29, 0.717) is 18.2 Å². The van der Waals surface area contributed by atoms with Crippen LogP contribution in [-0.2, 0) is 18.3 Å². The molecular formula is C18H20N4O. The number of nitrogens with one attached hydrogen (secondary N) is 1. The Morgan fingerprint density at radius 3 is 2.78 bits per heavy atom. The van der Waals surface area contributed by atoms with Crippen molar-refractivity contribution in [3.8, 4) is 0 Å². The minimum absolute atomic E-state index is 0.0805. The van der Waals surface area contributed by atoms with Gasteiger partial charge in [0.2, 0.25) is 5.91 Å². The minimum Gasteiger partial charge on any atom is -0.331 e. The highest BCUT2D eigenvalue weighted by atomic mass is 16.1. The fourth-order valence-corrected chi connectivity index (χ4v) is 2.70. The van der Waals surface area contributed by atoms with Crippen LogP contribution in [0.15, 0.2) is 42.6 Å². The van der Waals surface area contributed by atoms with Gasteiger partial charge in [0.15, 0.2) is 0 Å². The molecule has 0 unspecified atom stereocenters. The Kier molecular flexibility index (Phi) is 4.10. The number of carbonyl (C=O) groups excluding carboxylic acids is 1. The lowest BCUT2D eigenvalue weighted by molar-refractivity contribution is -0.115. The standard InChI is InChI=1S/C18H20N4O/c1-12(2)18-20-14-10-13(7-8-15(14)22(18)3)11-17(23)21-16-6-4-5-9-19-16/h4-10,12H,11H2,1-3H3,(H,19,21,23). The number of aromatic nitrogens is 3. The molecule has 118 valence electrons. The molecule has 2 aromatic heterocycles. The molecule has 3 aromatic rings. The summed E-state index contributed by atoms with van der Waals surface area (Å²) >= 11 is 0. The molecule has 0 radical (unpaired) electrons. The number of carbonyl (C=O) groups is 1. The van der Waals surface area contributed by atoms with E-state index in [9.17, 15) is 4.79 Å². The van der Waals surface area contributed by atoms with Crippen LogP contribution in [0, 0.1) is 0 Å². The Morgan fingerprint density at radius 1 is 1.26 bits per heavy atom. The summed E-state index contributed by atoms with van der Waals surface area (Å²) in [7, 11) is 2.03. The largest absolute Gasteiger partial charge is 0.331 e. The Hall–Kier alpha value is -2.69. The molecule has 0 bridgehead atoms. The van der Waals surface area contributed by atoms with Crippen LogP contribution in [-0.4, -0.2) is 20.4 Å². The van der Waals surface area contributed by atoms with Crippen LogP contribution in [0.5, 0.6) is 0 Å². The molecule has 3 rings (SSSR count). The van der Waals surface area contributed by atoms with Crippen molar-refractivity contribution in [3.63, 3.8) is 0 Å². The predicted octanol–water partition coefficient (Wildman–Crippen LogP) is 3.27. The van der Waals surface area contributed by atoms with Crippen molar-refractivity contribution in [2.45, 2.75) is 26.2 Å². The van der Waals surface area contributed by atoms with Gasteiger partial charge in [0.25, 0.3) is 0 Å². The third-order valence-electron chi connectivity index (χ3n) is 3.79. The number of aryl methyl sites for hydroxylation is 1. The lowest BCUT2D eigenvalue weighted by Crippen LogP contribution is -2.15. The number of benzene rings is 1. The second-order valence-corrected chi connectivity index (χ2v) is 5.95. The molecule has 0 saturated carbocycles. The molecule has 1 N–H and O–H groups in total. The van der Waals surface area contributed by atoms with Crippen molar-refractivity contribution in [2.75, 3.05) is 5.32 Å². The van der Waals surface area contributed by atoms with E-state index in [2.05, 4.69) is 33.7 Å². The van der Waals surface area contributed by atoms with Gasteiger partial charge in [-0.15, -0.1) is 0 Å². The van der Waals surface area contributed by atoms with Crippen molar-refractivity contribution < 1.29 is 4.79 Å². The summed E-state index contributed by atoms with van der Waals surface area (Å²) in [4.78, 5) is 20.9. The molecule has 0 aliphatic carbocycles. The summed E-state index contributed by atoms with van der Waals surface area (Å²) in [5.74, 6) is 1.90. The van der Waals surface area contributed by atoms with E-state index in [4.69, 9.17) is 0 Å². The number of pyridine rings is 1. The van der Waals surface area contributed by atoms with E-state index in [1.54, 1.807) is 12.3 Å². The van der Waals surface area contributed by atoms with E-state index in [0.717, 1.165) is 22.4 Å². The topological polar surface area (TPSA) is 59.8 Å². The summed E-state index contributed by atoms with van der Waals surface area (Å²) in [5, 5.41) is 2.80. The summed E-state index contributed by atoms with van der Waals surface area (Å²) in [5.41, 5.74) is 2.96. The molecular weight excluding hydrogens is 288 g/mol. The predicted molar refractivity (Wildman–Crippen MR) is 91.4 cm³/mol. The molecule has 5 heteroatoms. The molecule has 0 aliphatic heterocycles. The van der Waals surface area contributed by atoms with Crippen LogP contribution in [0.25, 0.3) is 11.0 Å². The first kappa shape index (κ1) is 15.2. The second-order valence-electron chi connectivity index (χ2n) is 5.95. The smallest absolute Gasteiger partial charge is 0.229 e. The molecule has 1 amide bonds. The van der Waals surface area contributed by atoms with Gasteiger partial charge in [-0.25, -0.2) is 9.97 Å². The summed E-state index contributed by atoms with van der Waals surface area (Å²) in [6.07, 6.45) is 1.96. The highest BCUT2D eigenvalue weighted by molar-refractivity contribution is 5.92. The molecule has 0 atom stereocenters. The average molecular weight is 308 g/mol. The summed E-state index contributed by atoms with van der Waals surface area (Å²) < 4.78 is 2.11. The van der Waals surface area contributed by atoms with Crippen LogP contribution >= 0.6 is 0 Å². The number of hydrogen-bond acceptors (Lipinski definition) is 3. The molecule has 0 spiro atoms. The van der Waals surface area contributed by atoms with Crippen molar-refractivity contribution in [2.24, 2.45) is 7.05 Å². The van der Waals surface area contributed by atoms with Crippen LogP contribution < -0.4 is 5.32 Å². The van der Waals surface area contributed by atoms with Gasteiger partial charge in [-0.2, -0.15) is 0 Å². The number of nitrogens with zero attached hydrogens (tertiary/aromatic N) is 3. The fraction of sp³-hybridized carbons (Fsp3) is 0.278. The summed E-state index contributed by atoms with van der Waals surface area (Å²) in [6, 6.07) is 11.4. The number of rotatable bonds is 4. The van der Waals surface area contributed by atoms with Gasteiger partial charge in [0.1, 0.15) is 11.6 Å². The van der Waals surface area contributed by atoms with Gasteiger partial charge < -0.3 is 9.88 Å². The zero-order valence-electron chi connectivity index (χ0n) is 13.6. The van der Waals surface area contributed by atoms with E-state index >= 15 is 0 Å². The maximum absolute atomic E-state index is 12.1. The zero-order valence-corrected chi connectivity index (χ0v) is 13.6. The molecule has 0 saturated heterocycles. The lowest BCUT2D eigenvalue weighted by Gasteiger charge is -2.05. The van der Waals surface area contributed by atoms with E-state index in [1.807, 2.05) is 37.4 Å². The van der Waals surface area contributed by atoms with Crippen LogP contribution in [0.1, 0.15) is 31.2 Å². The Balaban J connectivity index is 1.79. The first-order valence-corrected chi connectivity index (χ1v) is 7.70. The van der Waals surface area contributed by atoms with E-state index in [-0.39, 0.29) is 5.91 Å². The van der Waals surface area contributed by atoms with Crippen molar-refractivity contribution in [1.29, 1.82) is 0 Å². The van der Waals surface area contributed by atoms with Crippen molar-refractivity contribution in [1.82, 2.24) is 14.5 Å². The zero-order chi connectivity index (χ0) is 16.4. The Labute approximate surface area is 135 Å². The van der Waals surface area contributed by atoms with Gasteiger partial charge in [0, 0.05) is 19.2 Å². The van der Waals surface area contributed by atoms with Crippen LogP contribution in [0.4, 0.5) is 5.82 Å². The maximum Gasteiger partial charge on any atom is 0.229 e. The van der Waals surface area contributed by atoms with Crippen LogP contribution in [0.2, 0.25) is 0 Å². The quantitative estimate of drug-likeness (QED) is 0.804. The Morgan fingerprint density at radius 2 is 2.09 bits per heavy atom.